The quantitative estimate of drug-likeness (QED) is 0.534. The number of benzene rings is 1. The van der Waals surface area contributed by atoms with Crippen LogP contribution in [-0.4, -0.2) is 11.0 Å². The first-order valence-corrected chi connectivity index (χ1v) is 7.65. The summed E-state index contributed by atoms with van der Waals surface area (Å²) in [6, 6.07) is 8.10. The fraction of sp³-hybridized carbons (Fsp3) is 0.167. The molecule has 0 atom stereocenters. The number of hydrogen-bond acceptors (Lipinski definition) is 5. The molecule has 0 amide bonds. The second kappa shape index (κ2) is 6.45. The number of hydrogen-bond donors (Lipinski definition) is 0. The molecule has 0 fully saturated rings. The van der Waals surface area contributed by atoms with E-state index >= 15 is 0 Å². The van der Waals surface area contributed by atoms with Gasteiger partial charge in [-0.3, -0.25) is 0 Å². The minimum Gasteiger partial charge on any atom is -0.456 e. The van der Waals surface area contributed by atoms with E-state index in [1.54, 1.807) is 6.07 Å². The van der Waals surface area contributed by atoms with Crippen molar-refractivity contribution >= 4 is 28.5 Å². The molecule has 122 valence electrons. The molecule has 0 aliphatic heterocycles. The van der Waals surface area contributed by atoms with Crippen molar-refractivity contribution in [1.82, 2.24) is 4.98 Å². The Hall–Kier alpha value is -2.66. The van der Waals surface area contributed by atoms with Crippen LogP contribution in [0.1, 0.15) is 27.2 Å². The smallest absolute Gasteiger partial charge is 0.357 e. The van der Waals surface area contributed by atoms with E-state index in [-0.39, 0.29) is 12.3 Å². The van der Waals surface area contributed by atoms with Gasteiger partial charge < -0.3 is 9.15 Å². The van der Waals surface area contributed by atoms with Crippen LogP contribution in [0.5, 0.6) is 0 Å². The van der Waals surface area contributed by atoms with Crippen LogP contribution >= 0.6 is 11.6 Å². The highest BCUT2D eigenvalue weighted by Crippen LogP contribution is 2.24. The number of carbonyl (C=O) groups is 1. The standard InChI is InChI=1S/C18H14ClNO4/c1-10-3-4-14-12(7-16(21)24-17(14)11(10)2)9-23-18(22)15-8-13(19)5-6-20-15/h3-8H,9H2,1-2H3. The summed E-state index contributed by atoms with van der Waals surface area (Å²) in [5.41, 5.74) is 2.62. The Bertz CT molecular complexity index is 994. The molecule has 0 aliphatic carbocycles. The number of rotatable bonds is 3. The summed E-state index contributed by atoms with van der Waals surface area (Å²) in [5, 5.41) is 1.14. The van der Waals surface area contributed by atoms with Gasteiger partial charge in [0.2, 0.25) is 0 Å². The fourth-order valence-electron chi connectivity index (χ4n) is 2.38. The van der Waals surface area contributed by atoms with Crippen molar-refractivity contribution in [3.8, 4) is 0 Å². The van der Waals surface area contributed by atoms with Crippen molar-refractivity contribution in [1.29, 1.82) is 0 Å². The van der Waals surface area contributed by atoms with Gasteiger partial charge in [-0.25, -0.2) is 14.6 Å². The van der Waals surface area contributed by atoms with Gasteiger partial charge in [0, 0.05) is 28.2 Å². The number of fused-ring (bicyclic) bond motifs is 1. The Balaban J connectivity index is 1.92. The summed E-state index contributed by atoms with van der Waals surface area (Å²) in [6.45, 7) is 3.76. The molecule has 0 radical (unpaired) electrons. The molecule has 0 N–H and O–H groups in total. The number of carbonyl (C=O) groups excluding carboxylic acids is 1. The molecule has 2 heterocycles. The first-order chi connectivity index (χ1) is 11.5. The molecule has 1 aromatic carbocycles. The highest BCUT2D eigenvalue weighted by molar-refractivity contribution is 6.30. The van der Waals surface area contributed by atoms with Crippen molar-refractivity contribution in [3.63, 3.8) is 0 Å². The SMILES string of the molecule is Cc1ccc2c(COC(=O)c3cc(Cl)ccn3)cc(=O)oc2c1C. The fourth-order valence-corrected chi connectivity index (χ4v) is 2.54. The Kier molecular flexibility index (Phi) is 4.36. The van der Waals surface area contributed by atoms with E-state index in [9.17, 15) is 9.59 Å². The third kappa shape index (κ3) is 3.16. The molecule has 0 unspecified atom stereocenters. The lowest BCUT2D eigenvalue weighted by molar-refractivity contribution is 0.0467. The van der Waals surface area contributed by atoms with Crippen LogP contribution in [0, 0.1) is 13.8 Å². The van der Waals surface area contributed by atoms with E-state index in [4.69, 9.17) is 20.8 Å². The molecule has 0 aliphatic rings. The Morgan fingerprint density at radius 2 is 2.04 bits per heavy atom. The van der Waals surface area contributed by atoms with Crippen LogP contribution in [0.25, 0.3) is 11.0 Å². The third-order valence-electron chi connectivity index (χ3n) is 3.81. The lowest BCUT2D eigenvalue weighted by atomic mass is 10.0. The van der Waals surface area contributed by atoms with Gasteiger partial charge >= 0.3 is 11.6 Å². The van der Waals surface area contributed by atoms with Gasteiger partial charge in [-0.1, -0.05) is 23.7 Å². The maximum absolute atomic E-state index is 12.1. The van der Waals surface area contributed by atoms with Crippen molar-refractivity contribution < 1.29 is 13.9 Å². The number of aromatic nitrogens is 1. The highest BCUT2D eigenvalue weighted by atomic mass is 35.5. The summed E-state index contributed by atoms with van der Waals surface area (Å²) in [7, 11) is 0. The van der Waals surface area contributed by atoms with Gasteiger partial charge in [-0.05, 0) is 37.1 Å². The third-order valence-corrected chi connectivity index (χ3v) is 4.04. The minimum absolute atomic E-state index is 0.0579. The second-order valence-corrected chi connectivity index (χ2v) is 5.85. The molecule has 0 spiro atoms. The number of halogens is 1. The average Bonchev–Trinajstić information content (AvgIpc) is 2.56. The molecular formula is C18H14ClNO4. The summed E-state index contributed by atoms with van der Waals surface area (Å²) in [5.74, 6) is -0.609. The summed E-state index contributed by atoms with van der Waals surface area (Å²) in [4.78, 5) is 27.8. The van der Waals surface area contributed by atoms with Crippen molar-refractivity contribution in [2.24, 2.45) is 0 Å². The zero-order valence-electron chi connectivity index (χ0n) is 13.1. The number of nitrogens with zero attached hydrogens (tertiary/aromatic N) is 1. The topological polar surface area (TPSA) is 69.4 Å². The largest absolute Gasteiger partial charge is 0.456 e. The molecule has 2 aromatic heterocycles. The van der Waals surface area contributed by atoms with Crippen LogP contribution in [0.3, 0.4) is 0 Å². The lowest BCUT2D eigenvalue weighted by Gasteiger charge is -2.09. The van der Waals surface area contributed by atoms with Crippen LogP contribution in [-0.2, 0) is 11.3 Å². The molecule has 0 saturated carbocycles. The van der Waals surface area contributed by atoms with E-state index in [1.165, 1.54) is 18.3 Å². The molecule has 0 bridgehead atoms. The summed E-state index contributed by atoms with van der Waals surface area (Å²) < 4.78 is 10.6. The average molecular weight is 344 g/mol. The minimum atomic E-state index is -0.609. The monoisotopic (exact) mass is 343 g/mol. The molecule has 0 saturated heterocycles. The molecule has 24 heavy (non-hydrogen) atoms. The molecular weight excluding hydrogens is 330 g/mol. The predicted octanol–water partition coefficient (Wildman–Crippen LogP) is 3.82. The lowest BCUT2D eigenvalue weighted by Crippen LogP contribution is -2.09. The number of aryl methyl sites for hydroxylation is 2. The predicted molar refractivity (Wildman–Crippen MR) is 90.3 cm³/mol. The zero-order chi connectivity index (χ0) is 17.3. The Morgan fingerprint density at radius 3 is 2.79 bits per heavy atom. The van der Waals surface area contributed by atoms with Crippen LogP contribution in [0.4, 0.5) is 0 Å². The van der Waals surface area contributed by atoms with Gasteiger partial charge in [-0.2, -0.15) is 0 Å². The van der Waals surface area contributed by atoms with E-state index in [2.05, 4.69) is 4.98 Å². The van der Waals surface area contributed by atoms with Gasteiger partial charge in [0.05, 0.1) is 0 Å². The van der Waals surface area contributed by atoms with Crippen molar-refractivity contribution in [2.75, 3.05) is 0 Å². The van der Waals surface area contributed by atoms with Crippen LogP contribution < -0.4 is 5.63 Å². The molecule has 3 aromatic rings. The number of pyridine rings is 1. The van der Waals surface area contributed by atoms with E-state index in [1.807, 2.05) is 26.0 Å². The molecule has 6 heteroatoms. The summed E-state index contributed by atoms with van der Waals surface area (Å²) in [6.07, 6.45) is 1.43. The van der Waals surface area contributed by atoms with Crippen molar-refractivity contribution in [2.45, 2.75) is 20.5 Å². The number of esters is 1. The van der Waals surface area contributed by atoms with E-state index < -0.39 is 11.6 Å². The zero-order valence-corrected chi connectivity index (χ0v) is 13.9. The first kappa shape index (κ1) is 16.2. The van der Waals surface area contributed by atoms with Gasteiger partial charge in [-0.15, -0.1) is 0 Å². The van der Waals surface area contributed by atoms with E-state index in [0.29, 0.717) is 16.2 Å². The van der Waals surface area contributed by atoms with Gasteiger partial charge in [0.25, 0.3) is 0 Å². The van der Waals surface area contributed by atoms with Crippen LogP contribution in [0.15, 0.2) is 45.7 Å². The van der Waals surface area contributed by atoms with Crippen LogP contribution in [0.2, 0.25) is 5.02 Å². The van der Waals surface area contributed by atoms with E-state index in [0.717, 1.165) is 16.5 Å². The second-order valence-electron chi connectivity index (χ2n) is 5.41. The van der Waals surface area contributed by atoms with Gasteiger partial charge in [0.15, 0.2) is 0 Å². The highest BCUT2D eigenvalue weighted by Gasteiger charge is 2.13. The molecule has 5 nitrogen and oxygen atoms in total. The maximum Gasteiger partial charge on any atom is 0.357 e. The maximum atomic E-state index is 12.1. The first-order valence-electron chi connectivity index (χ1n) is 7.27. The Labute approximate surface area is 142 Å². The molecule has 3 rings (SSSR count). The number of ether oxygens (including phenoxy) is 1. The summed E-state index contributed by atoms with van der Waals surface area (Å²) >= 11 is 5.84. The van der Waals surface area contributed by atoms with Crippen molar-refractivity contribution in [3.05, 3.63) is 74.4 Å². The van der Waals surface area contributed by atoms with Gasteiger partial charge in [0.1, 0.15) is 17.9 Å². The normalized spacial score (nSPS) is 10.8. The Morgan fingerprint density at radius 1 is 1.25 bits per heavy atom.